The van der Waals surface area contributed by atoms with E-state index in [0.717, 1.165) is 101 Å². The first-order valence-electron chi connectivity index (χ1n) is 45.4. The third kappa shape index (κ3) is 11.9. The molecule has 0 fully saturated rings. The molecule has 130 heavy (non-hydrogen) atoms. The quantitative estimate of drug-likeness (QED) is 0.154. The number of hydrogen-bond donors (Lipinski definition) is 0. The first kappa shape index (κ1) is 76.7. The number of para-hydroxylation sites is 3. The Balaban J connectivity index is 0.000000105. The summed E-state index contributed by atoms with van der Waals surface area (Å²) in [7, 11) is 0. The van der Waals surface area contributed by atoms with Crippen molar-refractivity contribution < 1.29 is 0 Å². The van der Waals surface area contributed by atoms with Gasteiger partial charge >= 0.3 is 0 Å². The van der Waals surface area contributed by atoms with Crippen molar-refractivity contribution in [3.05, 3.63) is 433 Å². The first-order valence-corrected chi connectivity index (χ1v) is 45.4. The van der Waals surface area contributed by atoms with Gasteiger partial charge in [-0.05, 0) is 243 Å². The number of hydrogen-bond acceptors (Lipinski definition) is 6. The molecular formula is C124H88N6. The Labute approximate surface area is 755 Å². The van der Waals surface area contributed by atoms with Crippen molar-refractivity contribution in [2.45, 2.75) is 77.0 Å². The molecule has 0 amide bonds. The topological polar surface area (TPSA) is 77.3 Å². The van der Waals surface area contributed by atoms with Gasteiger partial charge in [0.25, 0.3) is 0 Å². The SMILES string of the molecule is CC1(C)c2cc(-c3nc(-c4ccc5c(ccc6ccccc65)c4)c4ccccc4n3)ccc2-c2cc3ccccc3cc21.CC1(C)c2ccccc2-c2ccc(-c3nc(-c4ccc5c(c4)C(C)(C)c4cc6ccccc6cc4-5)c4ccccc4n3)cc21.CC1(C)c2ccccc2-c2ccc(-c3nc(-c4ccc5c6ccccc6c6ccccc6c5c4)c4ccccc4n3)cc21. The summed E-state index contributed by atoms with van der Waals surface area (Å²) in [5.41, 5.74) is 33.3. The summed E-state index contributed by atoms with van der Waals surface area (Å²) in [6.07, 6.45) is 0. The van der Waals surface area contributed by atoms with Crippen LogP contribution in [-0.2, 0) is 21.7 Å². The lowest BCUT2D eigenvalue weighted by Gasteiger charge is -2.22. The monoisotopic (exact) mass is 1660 g/mol. The van der Waals surface area contributed by atoms with Crippen molar-refractivity contribution in [1.29, 1.82) is 0 Å². The minimum absolute atomic E-state index is 0.0764. The van der Waals surface area contributed by atoms with Crippen molar-refractivity contribution in [2.75, 3.05) is 0 Å². The van der Waals surface area contributed by atoms with Crippen LogP contribution in [0.25, 0.3) is 221 Å². The Kier molecular flexibility index (Phi) is 17.0. The molecule has 6 heteroatoms. The molecule has 0 unspecified atom stereocenters. The third-order valence-corrected chi connectivity index (χ3v) is 29.1. The van der Waals surface area contributed by atoms with E-state index in [9.17, 15) is 0 Å². The summed E-state index contributed by atoms with van der Waals surface area (Å²) in [6, 6.07) is 141. The molecule has 20 aromatic carbocycles. The minimum atomic E-state index is -0.120. The van der Waals surface area contributed by atoms with Crippen molar-refractivity contribution in [3.8, 4) is 112 Å². The van der Waals surface area contributed by atoms with Gasteiger partial charge in [0.2, 0.25) is 0 Å². The molecule has 614 valence electrons. The van der Waals surface area contributed by atoms with Gasteiger partial charge in [0.05, 0.1) is 33.6 Å². The summed E-state index contributed by atoms with van der Waals surface area (Å²) in [5, 5.41) is 20.9. The maximum atomic E-state index is 5.32. The van der Waals surface area contributed by atoms with Crippen LogP contribution in [0.5, 0.6) is 0 Å². The Morgan fingerprint density at radius 1 is 0.146 bits per heavy atom. The Morgan fingerprint density at radius 2 is 0.408 bits per heavy atom. The second-order valence-electron chi connectivity index (χ2n) is 37.9. The smallest absolute Gasteiger partial charge is 0.160 e. The van der Waals surface area contributed by atoms with E-state index in [-0.39, 0.29) is 21.7 Å². The Bertz CT molecular complexity index is 8790. The van der Waals surface area contributed by atoms with Crippen LogP contribution < -0.4 is 0 Å². The molecule has 0 bridgehead atoms. The van der Waals surface area contributed by atoms with Crippen molar-refractivity contribution in [2.24, 2.45) is 0 Å². The van der Waals surface area contributed by atoms with Crippen LogP contribution in [0.15, 0.2) is 388 Å². The number of aromatic nitrogens is 6. The fraction of sp³-hybridized carbons (Fsp3) is 0.0968. The number of nitrogens with zero attached hydrogens (tertiary/aromatic N) is 6. The molecule has 4 aliphatic rings. The van der Waals surface area contributed by atoms with E-state index in [2.05, 4.69) is 444 Å². The van der Waals surface area contributed by atoms with Crippen LogP contribution in [0.3, 0.4) is 0 Å². The van der Waals surface area contributed by atoms with Crippen molar-refractivity contribution in [3.63, 3.8) is 0 Å². The van der Waals surface area contributed by atoms with E-state index in [4.69, 9.17) is 29.9 Å². The molecule has 0 aliphatic heterocycles. The molecule has 0 atom stereocenters. The van der Waals surface area contributed by atoms with Crippen LogP contribution in [0.1, 0.15) is 99.9 Å². The zero-order chi connectivity index (χ0) is 87.2. The van der Waals surface area contributed by atoms with Gasteiger partial charge in [-0.3, -0.25) is 0 Å². The molecule has 0 N–H and O–H groups in total. The standard InChI is InChI=1S/C42H32N2.2C41H28N2/c1-41(2)34-15-9-7-13-29(34)30-20-18-28(24-36(30)41)40-43-38-16-10-8-14-32(38)39(44-40)27-17-19-31-33-21-25-11-5-6-12-26(25)22-37(33)42(3,4)35(31)23-27;1-41(2)36-17-9-7-15-32(36)33-22-20-26(24-37(33)41)40-42-38-18-10-8-16-34(38)39(43-40)25-19-21-31-29-13-4-3-11-27(29)28-12-5-6-14-30(28)35(31)23-25;1-41(2)36-24-30(18-20-33(36)35-22-26-10-3-4-11-27(26)23-37(35)41)40-42-38-14-8-7-13-34(38)39(43-40)29-17-19-32-28(21-29)16-15-25-9-5-6-12-31(25)32/h5-24H,1-4H3;2*3-24H,1-2H3. The van der Waals surface area contributed by atoms with Crippen molar-refractivity contribution in [1.82, 2.24) is 29.9 Å². The maximum Gasteiger partial charge on any atom is 0.160 e. The molecule has 27 rings (SSSR count). The van der Waals surface area contributed by atoms with Gasteiger partial charge < -0.3 is 0 Å². The fourth-order valence-electron chi connectivity index (χ4n) is 22.3. The average molecular weight is 1660 g/mol. The fourth-order valence-corrected chi connectivity index (χ4v) is 22.3. The Morgan fingerprint density at radius 3 is 0.838 bits per heavy atom. The zero-order valence-corrected chi connectivity index (χ0v) is 73.6. The van der Waals surface area contributed by atoms with Crippen LogP contribution >= 0.6 is 0 Å². The van der Waals surface area contributed by atoms with Gasteiger partial charge in [0.15, 0.2) is 17.5 Å². The number of benzene rings is 20. The number of rotatable bonds is 6. The molecule has 0 saturated heterocycles. The zero-order valence-electron chi connectivity index (χ0n) is 73.6. The summed E-state index contributed by atoms with van der Waals surface area (Å²) in [4.78, 5) is 31.2. The highest BCUT2D eigenvalue weighted by Gasteiger charge is 2.41. The molecule has 0 saturated carbocycles. The van der Waals surface area contributed by atoms with Gasteiger partial charge in [0, 0.05) is 71.2 Å². The molecule has 0 spiro atoms. The molecule has 6 nitrogen and oxygen atoms in total. The summed E-state index contributed by atoms with van der Waals surface area (Å²) < 4.78 is 0. The maximum absolute atomic E-state index is 5.32. The first-order chi connectivity index (χ1) is 63.4. The highest BCUT2D eigenvalue weighted by Crippen LogP contribution is 2.56. The van der Waals surface area contributed by atoms with Gasteiger partial charge in [-0.1, -0.05) is 365 Å². The minimum Gasteiger partial charge on any atom is -0.228 e. The van der Waals surface area contributed by atoms with Crippen LogP contribution in [0.2, 0.25) is 0 Å². The second kappa shape index (κ2) is 28.9. The molecule has 3 heterocycles. The lowest BCUT2D eigenvalue weighted by molar-refractivity contribution is 0.660. The molecule has 3 aromatic heterocycles. The molecule has 23 aromatic rings. The van der Waals surface area contributed by atoms with Gasteiger partial charge in [-0.15, -0.1) is 0 Å². The second-order valence-corrected chi connectivity index (χ2v) is 37.9. The van der Waals surface area contributed by atoms with Gasteiger partial charge in [-0.25, -0.2) is 29.9 Å². The van der Waals surface area contributed by atoms with Crippen LogP contribution in [0.4, 0.5) is 0 Å². The van der Waals surface area contributed by atoms with Crippen molar-refractivity contribution >= 4 is 108 Å². The number of fused-ring (bicyclic) bond motifs is 26. The lowest BCUT2D eigenvalue weighted by atomic mass is 9.81. The van der Waals surface area contributed by atoms with Crippen LogP contribution in [0, 0.1) is 0 Å². The Hall–Kier alpha value is -15.8. The van der Waals surface area contributed by atoms with Gasteiger partial charge in [0.1, 0.15) is 0 Å². The van der Waals surface area contributed by atoms with E-state index in [1.807, 2.05) is 0 Å². The normalized spacial score (nSPS) is 14.1. The van der Waals surface area contributed by atoms with Crippen LogP contribution in [-0.4, -0.2) is 29.9 Å². The summed E-state index contributed by atoms with van der Waals surface area (Å²) >= 11 is 0. The highest BCUT2D eigenvalue weighted by molar-refractivity contribution is 6.26. The summed E-state index contributed by atoms with van der Waals surface area (Å²) in [5.74, 6) is 2.28. The molecule has 4 aliphatic carbocycles. The average Bonchev–Trinajstić information content (AvgIpc) is 1.66. The van der Waals surface area contributed by atoms with E-state index in [1.54, 1.807) is 0 Å². The summed E-state index contributed by atoms with van der Waals surface area (Å²) in [6.45, 7) is 18.6. The van der Waals surface area contributed by atoms with E-state index >= 15 is 0 Å². The van der Waals surface area contributed by atoms with E-state index < -0.39 is 0 Å². The third-order valence-electron chi connectivity index (χ3n) is 29.1. The molecular weight excluding hydrogens is 1570 g/mol. The van der Waals surface area contributed by atoms with E-state index in [1.165, 1.54) is 164 Å². The predicted molar refractivity (Wildman–Crippen MR) is 544 cm³/mol. The highest BCUT2D eigenvalue weighted by atomic mass is 14.9. The predicted octanol–water partition coefficient (Wildman–Crippen LogP) is 32.2. The largest absolute Gasteiger partial charge is 0.228 e. The molecule has 0 radical (unpaired) electrons. The van der Waals surface area contributed by atoms with E-state index in [0.29, 0.717) is 0 Å². The lowest BCUT2D eigenvalue weighted by Crippen LogP contribution is -2.15. The van der Waals surface area contributed by atoms with Gasteiger partial charge in [-0.2, -0.15) is 0 Å².